The van der Waals surface area contributed by atoms with Gasteiger partial charge in [0, 0.05) is 50.2 Å². The minimum Gasteiger partial charge on any atom is -0.368 e. The molecule has 2 aromatic heterocycles. The Morgan fingerprint density at radius 3 is 2.16 bits per heavy atom. The van der Waals surface area contributed by atoms with Crippen LogP contribution in [0.5, 0.6) is 0 Å². The topological polar surface area (TPSA) is 96.2 Å². The van der Waals surface area contributed by atoms with Crippen LogP contribution in [0.25, 0.3) is 11.3 Å². The van der Waals surface area contributed by atoms with E-state index in [9.17, 15) is 14.0 Å². The summed E-state index contributed by atoms with van der Waals surface area (Å²) in [4.78, 5) is 42.9. The summed E-state index contributed by atoms with van der Waals surface area (Å²) in [5, 5.41) is 2.72. The summed E-state index contributed by atoms with van der Waals surface area (Å²) in [6, 6.07) is 16.7. The zero-order chi connectivity index (χ0) is 25.9. The fraction of sp³-hybridized carbons (Fsp3) is 0.222. The van der Waals surface area contributed by atoms with E-state index in [4.69, 9.17) is 0 Å². The molecule has 10 heteroatoms. The highest BCUT2D eigenvalue weighted by Gasteiger charge is 2.26. The maximum atomic E-state index is 13.1. The highest BCUT2D eigenvalue weighted by atomic mass is 19.1. The number of hydrogen-bond acceptors (Lipinski definition) is 7. The van der Waals surface area contributed by atoms with E-state index in [1.54, 1.807) is 30.7 Å². The lowest BCUT2D eigenvalue weighted by Crippen LogP contribution is -2.47. The first-order valence-corrected chi connectivity index (χ1v) is 11.9. The Labute approximate surface area is 213 Å². The van der Waals surface area contributed by atoms with Gasteiger partial charge in [0.05, 0.1) is 12.4 Å². The lowest BCUT2D eigenvalue weighted by atomic mass is 10.1. The molecule has 9 nitrogen and oxygen atoms in total. The number of aryl methyl sites for hydroxylation is 1. The number of piperazine rings is 1. The van der Waals surface area contributed by atoms with Crippen LogP contribution in [0.1, 0.15) is 16.3 Å². The standard InChI is InChI=1S/C27H26FN7O2/c1-18-31-23(19-6-4-3-5-7-19)24(33(18)2)25(36)26(37)32-21-8-10-22(11-9-21)34-12-14-35(15-13-34)27-29-16-20(28)17-30-27/h3-11,16-17H,12-15H2,1-2H3,(H,32,37). The molecular weight excluding hydrogens is 473 g/mol. The third kappa shape index (κ3) is 5.04. The fourth-order valence-corrected chi connectivity index (χ4v) is 4.35. The van der Waals surface area contributed by atoms with Crippen LogP contribution >= 0.6 is 0 Å². The van der Waals surface area contributed by atoms with Gasteiger partial charge in [0.1, 0.15) is 17.2 Å². The minimum atomic E-state index is -0.721. The van der Waals surface area contributed by atoms with Crippen LogP contribution in [0, 0.1) is 12.7 Å². The molecular formula is C27H26FN7O2. The predicted octanol–water partition coefficient (Wildman–Crippen LogP) is 3.47. The molecule has 4 aromatic rings. The summed E-state index contributed by atoms with van der Waals surface area (Å²) in [5.74, 6) is -0.664. The number of amides is 1. The van der Waals surface area contributed by atoms with Crippen molar-refractivity contribution in [2.75, 3.05) is 41.3 Å². The van der Waals surface area contributed by atoms with Crippen molar-refractivity contribution >= 4 is 29.0 Å². The molecule has 1 N–H and O–H groups in total. The summed E-state index contributed by atoms with van der Waals surface area (Å²) in [5.41, 5.74) is 3.04. The second-order valence-electron chi connectivity index (χ2n) is 8.79. The molecule has 1 aliphatic rings. The second-order valence-corrected chi connectivity index (χ2v) is 8.79. The molecule has 3 heterocycles. The number of carbonyl (C=O) groups excluding carboxylic acids is 2. The number of rotatable bonds is 6. The van der Waals surface area contributed by atoms with Gasteiger partial charge in [-0.2, -0.15) is 0 Å². The number of anilines is 3. The first kappa shape index (κ1) is 24.1. The number of ketones is 1. The average Bonchev–Trinajstić information content (AvgIpc) is 3.23. The molecule has 1 amide bonds. The second kappa shape index (κ2) is 10.2. The molecule has 0 spiro atoms. The molecule has 5 rings (SSSR count). The lowest BCUT2D eigenvalue weighted by Gasteiger charge is -2.36. The molecule has 1 saturated heterocycles. The number of carbonyl (C=O) groups is 2. The summed E-state index contributed by atoms with van der Waals surface area (Å²) in [7, 11) is 1.73. The molecule has 188 valence electrons. The van der Waals surface area contributed by atoms with Gasteiger partial charge < -0.3 is 19.7 Å². The van der Waals surface area contributed by atoms with Crippen molar-refractivity contribution in [1.29, 1.82) is 0 Å². The van der Waals surface area contributed by atoms with Crippen molar-refractivity contribution in [3.05, 3.63) is 84.3 Å². The highest BCUT2D eigenvalue weighted by molar-refractivity contribution is 6.47. The smallest absolute Gasteiger partial charge is 0.298 e. The van der Waals surface area contributed by atoms with Crippen LogP contribution < -0.4 is 15.1 Å². The molecule has 0 atom stereocenters. The van der Waals surface area contributed by atoms with Crippen LogP contribution in [0.3, 0.4) is 0 Å². The van der Waals surface area contributed by atoms with E-state index in [1.165, 1.54) is 12.4 Å². The van der Waals surface area contributed by atoms with Gasteiger partial charge in [-0.1, -0.05) is 30.3 Å². The molecule has 2 aromatic carbocycles. The van der Waals surface area contributed by atoms with Crippen molar-refractivity contribution in [2.24, 2.45) is 7.05 Å². The molecule has 0 aliphatic carbocycles. The lowest BCUT2D eigenvalue weighted by molar-refractivity contribution is -0.112. The van der Waals surface area contributed by atoms with E-state index < -0.39 is 17.5 Å². The summed E-state index contributed by atoms with van der Waals surface area (Å²) in [6.45, 7) is 4.69. The maximum Gasteiger partial charge on any atom is 0.298 e. The molecule has 0 saturated carbocycles. The SMILES string of the molecule is Cc1nc(-c2ccccc2)c(C(=O)C(=O)Nc2ccc(N3CCN(c4ncc(F)cn4)CC3)cc2)n1C. The number of nitrogens with one attached hydrogen (secondary N) is 1. The van der Waals surface area contributed by atoms with Crippen LogP contribution in [-0.4, -0.2) is 57.4 Å². The Kier molecular flexibility index (Phi) is 6.63. The number of aromatic nitrogens is 4. The van der Waals surface area contributed by atoms with E-state index >= 15 is 0 Å². The van der Waals surface area contributed by atoms with E-state index in [2.05, 4.69) is 25.2 Å². The molecule has 1 aliphatic heterocycles. The van der Waals surface area contributed by atoms with Gasteiger partial charge in [0.15, 0.2) is 5.82 Å². The first-order valence-electron chi connectivity index (χ1n) is 11.9. The van der Waals surface area contributed by atoms with Crippen LogP contribution in [-0.2, 0) is 11.8 Å². The Hall–Kier alpha value is -4.60. The maximum absolute atomic E-state index is 13.1. The number of Topliss-reactive ketones (excluding diaryl/α,β-unsaturated/α-hetero) is 1. The highest BCUT2D eigenvalue weighted by Crippen LogP contribution is 2.25. The van der Waals surface area contributed by atoms with Gasteiger partial charge in [-0.25, -0.2) is 19.3 Å². The number of halogens is 1. The first-order chi connectivity index (χ1) is 17.9. The molecule has 37 heavy (non-hydrogen) atoms. The third-order valence-electron chi connectivity index (χ3n) is 6.45. The van der Waals surface area contributed by atoms with Gasteiger partial charge in [0.25, 0.3) is 11.7 Å². The van der Waals surface area contributed by atoms with Crippen molar-refractivity contribution in [3.8, 4) is 11.3 Å². The number of imidazole rings is 1. The summed E-state index contributed by atoms with van der Waals surface area (Å²) in [6.07, 6.45) is 2.34. The van der Waals surface area contributed by atoms with E-state index in [0.717, 1.165) is 24.3 Å². The van der Waals surface area contributed by atoms with Gasteiger partial charge in [-0.05, 0) is 31.2 Å². The number of nitrogens with zero attached hydrogens (tertiary/aromatic N) is 6. The van der Waals surface area contributed by atoms with Gasteiger partial charge >= 0.3 is 0 Å². The van der Waals surface area contributed by atoms with Crippen LogP contribution in [0.4, 0.5) is 21.7 Å². The Morgan fingerprint density at radius 2 is 1.51 bits per heavy atom. The van der Waals surface area contributed by atoms with Gasteiger partial charge in [0.2, 0.25) is 5.95 Å². The van der Waals surface area contributed by atoms with Gasteiger partial charge in [-0.3, -0.25) is 9.59 Å². The van der Waals surface area contributed by atoms with Crippen molar-refractivity contribution in [1.82, 2.24) is 19.5 Å². The Bertz CT molecular complexity index is 1410. The molecule has 0 radical (unpaired) electrons. The largest absolute Gasteiger partial charge is 0.368 e. The Balaban J connectivity index is 1.23. The predicted molar refractivity (Wildman–Crippen MR) is 139 cm³/mol. The quantitative estimate of drug-likeness (QED) is 0.321. The van der Waals surface area contributed by atoms with E-state index in [-0.39, 0.29) is 5.69 Å². The molecule has 0 bridgehead atoms. The average molecular weight is 500 g/mol. The Morgan fingerprint density at radius 1 is 0.892 bits per heavy atom. The summed E-state index contributed by atoms with van der Waals surface area (Å²) < 4.78 is 14.7. The monoisotopic (exact) mass is 499 g/mol. The number of hydrogen-bond donors (Lipinski definition) is 1. The zero-order valence-corrected chi connectivity index (χ0v) is 20.6. The van der Waals surface area contributed by atoms with E-state index in [0.29, 0.717) is 36.2 Å². The molecule has 1 fully saturated rings. The molecule has 0 unspecified atom stereocenters. The normalized spacial score (nSPS) is 13.5. The zero-order valence-electron chi connectivity index (χ0n) is 20.6. The van der Waals surface area contributed by atoms with E-state index in [1.807, 2.05) is 47.4 Å². The third-order valence-corrected chi connectivity index (χ3v) is 6.45. The van der Waals surface area contributed by atoms with Crippen LogP contribution in [0.15, 0.2) is 67.0 Å². The van der Waals surface area contributed by atoms with Gasteiger partial charge in [-0.15, -0.1) is 0 Å². The minimum absolute atomic E-state index is 0.251. The van der Waals surface area contributed by atoms with Crippen molar-refractivity contribution in [2.45, 2.75) is 6.92 Å². The van der Waals surface area contributed by atoms with Crippen molar-refractivity contribution in [3.63, 3.8) is 0 Å². The fourth-order valence-electron chi connectivity index (χ4n) is 4.35. The number of benzene rings is 2. The summed E-state index contributed by atoms with van der Waals surface area (Å²) >= 11 is 0. The van der Waals surface area contributed by atoms with Crippen LogP contribution in [0.2, 0.25) is 0 Å². The van der Waals surface area contributed by atoms with Crippen molar-refractivity contribution < 1.29 is 14.0 Å².